The number of alkyl halides is 1. The van der Waals surface area contributed by atoms with Crippen LogP contribution in [0.4, 0.5) is 4.39 Å². The minimum absolute atomic E-state index is 0.205. The predicted octanol–water partition coefficient (Wildman–Crippen LogP) is 4.74. The van der Waals surface area contributed by atoms with Crippen LogP contribution in [-0.2, 0) is 4.74 Å². The van der Waals surface area contributed by atoms with Gasteiger partial charge in [0.2, 0.25) is 0 Å². The monoisotopic (exact) mass is 271 g/mol. The lowest BCUT2D eigenvalue weighted by Gasteiger charge is -2.20. The van der Waals surface area contributed by atoms with E-state index in [1.54, 1.807) is 7.11 Å². The Morgan fingerprint density at radius 1 is 1.00 bits per heavy atom. The minimum atomic E-state index is -0.205. The number of methoxy groups -OCH3 is 1. The zero-order chi connectivity index (χ0) is 14.5. The van der Waals surface area contributed by atoms with Gasteiger partial charge in [-0.1, -0.05) is 33.1 Å². The van der Waals surface area contributed by atoms with Crippen molar-refractivity contribution in [2.24, 2.45) is 17.8 Å². The van der Waals surface area contributed by atoms with E-state index >= 15 is 0 Å². The summed E-state index contributed by atoms with van der Waals surface area (Å²) >= 11 is 0. The SMILES string of the molecule is COCCC(CCC(C)CC#N)CCC(C)CCF. The average Bonchev–Trinajstić information content (AvgIpc) is 2.38. The van der Waals surface area contributed by atoms with E-state index in [0.29, 0.717) is 30.6 Å². The number of nitriles is 1. The topological polar surface area (TPSA) is 33.0 Å². The molecule has 0 fully saturated rings. The molecule has 2 nitrogen and oxygen atoms in total. The van der Waals surface area contributed by atoms with Gasteiger partial charge in [0.1, 0.15) is 0 Å². The molecule has 0 aliphatic rings. The van der Waals surface area contributed by atoms with Crippen molar-refractivity contribution >= 4 is 0 Å². The molecule has 0 radical (unpaired) electrons. The third kappa shape index (κ3) is 10.9. The Labute approximate surface area is 118 Å². The highest BCUT2D eigenvalue weighted by molar-refractivity contribution is 4.74. The molecule has 0 heterocycles. The maximum atomic E-state index is 12.3. The number of halogens is 1. The van der Waals surface area contributed by atoms with Crippen LogP contribution in [0.25, 0.3) is 0 Å². The Balaban J connectivity index is 3.97. The van der Waals surface area contributed by atoms with Gasteiger partial charge in [-0.3, -0.25) is 4.39 Å². The van der Waals surface area contributed by atoms with Crippen LogP contribution in [0, 0.1) is 29.1 Å². The summed E-state index contributed by atoms with van der Waals surface area (Å²) in [4.78, 5) is 0. The first-order valence-electron chi connectivity index (χ1n) is 7.55. The van der Waals surface area contributed by atoms with Crippen molar-refractivity contribution in [3.05, 3.63) is 0 Å². The molecular formula is C16H30FNO. The van der Waals surface area contributed by atoms with E-state index in [4.69, 9.17) is 10.00 Å². The van der Waals surface area contributed by atoms with Crippen molar-refractivity contribution in [1.82, 2.24) is 0 Å². The van der Waals surface area contributed by atoms with Gasteiger partial charge >= 0.3 is 0 Å². The van der Waals surface area contributed by atoms with Crippen molar-refractivity contribution in [2.75, 3.05) is 20.4 Å². The van der Waals surface area contributed by atoms with Crippen LogP contribution in [0.15, 0.2) is 0 Å². The first-order chi connectivity index (χ1) is 9.13. The zero-order valence-electron chi connectivity index (χ0n) is 12.8. The Bertz CT molecular complexity index is 239. The van der Waals surface area contributed by atoms with Gasteiger partial charge in [-0.15, -0.1) is 0 Å². The molecule has 19 heavy (non-hydrogen) atoms. The van der Waals surface area contributed by atoms with Gasteiger partial charge in [-0.05, 0) is 37.0 Å². The van der Waals surface area contributed by atoms with Crippen LogP contribution in [0.3, 0.4) is 0 Å². The second kappa shape index (κ2) is 12.4. The number of hydrogen-bond donors (Lipinski definition) is 0. The summed E-state index contributed by atoms with van der Waals surface area (Å²) in [7, 11) is 1.74. The molecule has 0 saturated carbocycles. The molecule has 0 aliphatic carbocycles. The third-order valence-electron chi connectivity index (χ3n) is 3.91. The Morgan fingerprint density at radius 2 is 1.63 bits per heavy atom. The van der Waals surface area contributed by atoms with Gasteiger partial charge in [0, 0.05) is 20.1 Å². The van der Waals surface area contributed by atoms with E-state index in [-0.39, 0.29) is 6.67 Å². The summed E-state index contributed by atoms with van der Waals surface area (Å²) in [6, 6.07) is 2.23. The van der Waals surface area contributed by atoms with Gasteiger partial charge in [-0.2, -0.15) is 5.26 Å². The molecule has 0 aromatic carbocycles. The van der Waals surface area contributed by atoms with Crippen molar-refractivity contribution in [2.45, 2.75) is 58.8 Å². The first kappa shape index (κ1) is 18.4. The van der Waals surface area contributed by atoms with Crippen LogP contribution in [0.2, 0.25) is 0 Å². The molecule has 3 atom stereocenters. The molecule has 0 bridgehead atoms. The van der Waals surface area contributed by atoms with Crippen molar-refractivity contribution in [3.8, 4) is 6.07 Å². The highest BCUT2D eigenvalue weighted by atomic mass is 19.1. The molecule has 0 aliphatic heterocycles. The van der Waals surface area contributed by atoms with E-state index in [1.165, 1.54) is 0 Å². The molecule has 0 aromatic rings. The fraction of sp³-hybridized carbons (Fsp3) is 0.938. The number of ether oxygens (including phenoxy) is 1. The van der Waals surface area contributed by atoms with Gasteiger partial charge in [0.15, 0.2) is 0 Å². The molecule has 3 unspecified atom stereocenters. The van der Waals surface area contributed by atoms with E-state index in [0.717, 1.165) is 38.7 Å². The lowest BCUT2D eigenvalue weighted by molar-refractivity contribution is 0.167. The van der Waals surface area contributed by atoms with Crippen LogP contribution in [-0.4, -0.2) is 20.4 Å². The fourth-order valence-electron chi connectivity index (χ4n) is 2.35. The molecule has 0 rings (SSSR count). The second-order valence-electron chi connectivity index (χ2n) is 5.85. The largest absolute Gasteiger partial charge is 0.385 e. The zero-order valence-corrected chi connectivity index (χ0v) is 12.8. The molecule has 3 heteroatoms. The lowest BCUT2D eigenvalue weighted by Crippen LogP contribution is -2.09. The Morgan fingerprint density at radius 3 is 2.16 bits per heavy atom. The quantitative estimate of drug-likeness (QED) is 0.513. The van der Waals surface area contributed by atoms with Crippen molar-refractivity contribution < 1.29 is 9.13 Å². The summed E-state index contributed by atoms with van der Waals surface area (Å²) in [5.74, 6) is 1.62. The lowest BCUT2D eigenvalue weighted by atomic mass is 9.87. The predicted molar refractivity (Wildman–Crippen MR) is 77.6 cm³/mol. The fourth-order valence-corrected chi connectivity index (χ4v) is 2.35. The highest BCUT2D eigenvalue weighted by Gasteiger charge is 2.13. The molecule has 112 valence electrons. The summed E-state index contributed by atoms with van der Waals surface area (Å²) in [6.45, 7) is 4.87. The molecule has 0 N–H and O–H groups in total. The summed E-state index contributed by atoms with van der Waals surface area (Å²) in [6.07, 6.45) is 6.94. The molecule has 0 saturated heterocycles. The number of rotatable bonds is 12. The molecular weight excluding hydrogens is 241 g/mol. The van der Waals surface area contributed by atoms with E-state index in [1.807, 2.05) is 0 Å². The van der Waals surface area contributed by atoms with Crippen LogP contribution >= 0.6 is 0 Å². The van der Waals surface area contributed by atoms with Gasteiger partial charge in [0.05, 0.1) is 12.7 Å². The van der Waals surface area contributed by atoms with E-state index < -0.39 is 0 Å². The normalized spacial score (nSPS) is 15.7. The third-order valence-corrected chi connectivity index (χ3v) is 3.91. The Hall–Kier alpha value is -0.620. The number of hydrogen-bond acceptors (Lipinski definition) is 2. The second-order valence-corrected chi connectivity index (χ2v) is 5.85. The maximum Gasteiger partial charge on any atom is 0.0897 e. The number of nitrogens with zero attached hydrogens (tertiary/aromatic N) is 1. The van der Waals surface area contributed by atoms with Crippen LogP contribution in [0.1, 0.15) is 58.8 Å². The summed E-state index contributed by atoms with van der Waals surface area (Å²) in [5, 5.41) is 8.67. The highest BCUT2D eigenvalue weighted by Crippen LogP contribution is 2.24. The van der Waals surface area contributed by atoms with Crippen molar-refractivity contribution in [1.29, 1.82) is 5.26 Å². The standard InChI is InChI=1S/C16H30FNO/c1-14(8-11-17)4-6-16(10-13-19-3)7-5-15(2)9-12-18/h14-16H,4-11,13H2,1-3H3. The summed E-state index contributed by atoms with van der Waals surface area (Å²) < 4.78 is 17.4. The first-order valence-corrected chi connectivity index (χ1v) is 7.55. The van der Waals surface area contributed by atoms with Gasteiger partial charge in [-0.25, -0.2) is 0 Å². The van der Waals surface area contributed by atoms with Gasteiger partial charge in [0.25, 0.3) is 0 Å². The maximum absolute atomic E-state index is 12.3. The molecule has 0 amide bonds. The van der Waals surface area contributed by atoms with Crippen LogP contribution < -0.4 is 0 Å². The molecule has 0 spiro atoms. The van der Waals surface area contributed by atoms with Crippen molar-refractivity contribution in [3.63, 3.8) is 0 Å². The van der Waals surface area contributed by atoms with Crippen LogP contribution in [0.5, 0.6) is 0 Å². The average molecular weight is 271 g/mol. The minimum Gasteiger partial charge on any atom is -0.385 e. The van der Waals surface area contributed by atoms with Gasteiger partial charge < -0.3 is 4.74 Å². The Kier molecular flexibility index (Phi) is 12.0. The smallest absolute Gasteiger partial charge is 0.0897 e. The molecule has 0 aromatic heterocycles. The van der Waals surface area contributed by atoms with E-state index in [9.17, 15) is 4.39 Å². The van der Waals surface area contributed by atoms with E-state index in [2.05, 4.69) is 19.9 Å². The summed E-state index contributed by atoms with van der Waals surface area (Å²) in [5.41, 5.74) is 0.